The molecule has 0 aliphatic carbocycles. The molecule has 2 rings (SSSR count). The third-order valence-corrected chi connectivity index (χ3v) is 3.68. The van der Waals surface area contributed by atoms with Gasteiger partial charge in [-0.2, -0.15) is 5.10 Å². The number of carbonyl (C=O) groups excluding carboxylic acids is 1. The first-order valence-corrected chi connectivity index (χ1v) is 7.54. The number of nitrogens with one attached hydrogen (secondary N) is 1. The van der Waals surface area contributed by atoms with Crippen LogP contribution >= 0.6 is 0 Å². The molecule has 0 saturated carbocycles. The van der Waals surface area contributed by atoms with Crippen molar-refractivity contribution in [3.63, 3.8) is 0 Å². The Kier molecular flexibility index (Phi) is 5.15. The summed E-state index contributed by atoms with van der Waals surface area (Å²) in [7, 11) is 0. The van der Waals surface area contributed by atoms with Gasteiger partial charge in [0.05, 0.1) is 5.69 Å². The third kappa shape index (κ3) is 4.39. The molecule has 1 aromatic heterocycles. The predicted molar refractivity (Wildman–Crippen MR) is 85.9 cm³/mol. The Morgan fingerprint density at radius 2 is 1.96 bits per heavy atom. The van der Waals surface area contributed by atoms with E-state index < -0.39 is 0 Å². The van der Waals surface area contributed by atoms with E-state index in [-0.39, 0.29) is 35.5 Å². The fourth-order valence-electron chi connectivity index (χ4n) is 2.27. The van der Waals surface area contributed by atoms with Gasteiger partial charge in [0.2, 0.25) is 0 Å². The summed E-state index contributed by atoms with van der Waals surface area (Å²) < 4.78 is 14.5. The standard InChI is InChI=1S/C17H22FN3O2/c1-17(2,3)15(9-11-22)19-16(23)14-8-10-21(20-14)13-6-4-12(18)5-7-13/h4-8,10,15,22H,9,11H2,1-3H3,(H,19,23). The van der Waals surface area contributed by atoms with Gasteiger partial charge in [-0.05, 0) is 42.2 Å². The Hall–Kier alpha value is -2.21. The van der Waals surface area contributed by atoms with E-state index in [9.17, 15) is 9.18 Å². The summed E-state index contributed by atoms with van der Waals surface area (Å²) in [6.45, 7) is 6.02. The number of carbonyl (C=O) groups is 1. The number of aliphatic hydroxyl groups is 1. The molecule has 6 heteroatoms. The number of amides is 1. The van der Waals surface area contributed by atoms with Gasteiger partial charge < -0.3 is 10.4 Å². The van der Waals surface area contributed by atoms with Crippen molar-refractivity contribution in [1.29, 1.82) is 0 Å². The van der Waals surface area contributed by atoms with Gasteiger partial charge in [-0.1, -0.05) is 20.8 Å². The first-order valence-electron chi connectivity index (χ1n) is 7.54. The zero-order chi connectivity index (χ0) is 17.0. The molecule has 0 spiro atoms. The summed E-state index contributed by atoms with van der Waals surface area (Å²) in [5, 5.41) is 16.3. The molecule has 23 heavy (non-hydrogen) atoms. The average Bonchev–Trinajstić information content (AvgIpc) is 2.96. The van der Waals surface area contributed by atoms with E-state index in [1.807, 2.05) is 20.8 Å². The van der Waals surface area contributed by atoms with Crippen molar-refractivity contribution in [3.05, 3.63) is 48.0 Å². The van der Waals surface area contributed by atoms with Crippen LogP contribution in [0.3, 0.4) is 0 Å². The number of halogens is 1. The van der Waals surface area contributed by atoms with Crippen LogP contribution in [0.1, 0.15) is 37.7 Å². The lowest BCUT2D eigenvalue weighted by atomic mass is 9.85. The molecule has 2 N–H and O–H groups in total. The largest absolute Gasteiger partial charge is 0.396 e. The maximum absolute atomic E-state index is 12.9. The van der Waals surface area contributed by atoms with Gasteiger partial charge >= 0.3 is 0 Å². The molecule has 1 aromatic carbocycles. The molecule has 0 aliphatic rings. The van der Waals surface area contributed by atoms with Crippen molar-refractivity contribution in [1.82, 2.24) is 15.1 Å². The molecular formula is C17H22FN3O2. The fourth-order valence-corrected chi connectivity index (χ4v) is 2.27. The van der Waals surface area contributed by atoms with Crippen LogP contribution in [-0.4, -0.2) is 33.4 Å². The van der Waals surface area contributed by atoms with E-state index in [4.69, 9.17) is 5.11 Å². The Morgan fingerprint density at radius 3 is 2.52 bits per heavy atom. The minimum Gasteiger partial charge on any atom is -0.396 e. The summed E-state index contributed by atoms with van der Waals surface area (Å²) >= 11 is 0. The summed E-state index contributed by atoms with van der Waals surface area (Å²) in [5.74, 6) is -0.616. The Balaban J connectivity index is 2.13. The van der Waals surface area contributed by atoms with Crippen molar-refractivity contribution in [2.24, 2.45) is 5.41 Å². The number of hydrogen-bond donors (Lipinski definition) is 2. The number of benzene rings is 1. The van der Waals surface area contributed by atoms with Crippen LogP contribution < -0.4 is 5.32 Å². The first-order chi connectivity index (χ1) is 10.8. The van der Waals surface area contributed by atoms with Crippen molar-refractivity contribution < 1.29 is 14.3 Å². The van der Waals surface area contributed by atoms with Gasteiger partial charge in [-0.15, -0.1) is 0 Å². The molecule has 5 nitrogen and oxygen atoms in total. The van der Waals surface area contributed by atoms with Crippen molar-refractivity contribution in [3.8, 4) is 5.69 Å². The highest BCUT2D eigenvalue weighted by molar-refractivity contribution is 5.92. The van der Waals surface area contributed by atoms with E-state index >= 15 is 0 Å². The molecule has 1 unspecified atom stereocenters. The zero-order valence-corrected chi connectivity index (χ0v) is 13.6. The highest BCUT2D eigenvalue weighted by atomic mass is 19.1. The number of hydrogen-bond acceptors (Lipinski definition) is 3. The van der Waals surface area contributed by atoms with Crippen LogP contribution in [0.5, 0.6) is 0 Å². The normalized spacial score (nSPS) is 12.9. The van der Waals surface area contributed by atoms with E-state index in [2.05, 4.69) is 10.4 Å². The monoisotopic (exact) mass is 319 g/mol. The SMILES string of the molecule is CC(C)(C)C(CCO)NC(=O)c1ccn(-c2ccc(F)cc2)n1. The number of rotatable bonds is 5. The van der Waals surface area contributed by atoms with E-state index in [0.717, 1.165) is 0 Å². The number of aliphatic hydroxyl groups excluding tert-OH is 1. The molecule has 0 radical (unpaired) electrons. The number of nitrogens with zero attached hydrogens (tertiary/aromatic N) is 2. The minimum absolute atomic E-state index is 0.00619. The highest BCUT2D eigenvalue weighted by Crippen LogP contribution is 2.22. The van der Waals surface area contributed by atoms with Crippen LogP contribution in [0.25, 0.3) is 5.69 Å². The lowest BCUT2D eigenvalue weighted by Gasteiger charge is -2.30. The van der Waals surface area contributed by atoms with E-state index in [0.29, 0.717) is 12.1 Å². The van der Waals surface area contributed by atoms with Crippen molar-refractivity contribution >= 4 is 5.91 Å². The number of aromatic nitrogens is 2. The summed E-state index contributed by atoms with van der Waals surface area (Å²) in [5.41, 5.74) is 0.785. The molecular weight excluding hydrogens is 297 g/mol. The lowest BCUT2D eigenvalue weighted by Crippen LogP contribution is -2.44. The van der Waals surface area contributed by atoms with Crippen molar-refractivity contribution in [2.75, 3.05) is 6.61 Å². The average molecular weight is 319 g/mol. The molecule has 1 amide bonds. The smallest absolute Gasteiger partial charge is 0.272 e. The Bertz CT molecular complexity index is 659. The first kappa shape index (κ1) is 17.1. The highest BCUT2D eigenvalue weighted by Gasteiger charge is 2.26. The Labute approximate surface area is 135 Å². The minimum atomic E-state index is -0.323. The lowest BCUT2D eigenvalue weighted by molar-refractivity contribution is 0.0879. The molecule has 0 bridgehead atoms. The third-order valence-electron chi connectivity index (χ3n) is 3.68. The van der Waals surface area contributed by atoms with Gasteiger partial charge in [0.25, 0.3) is 5.91 Å². The van der Waals surface area contributed by atoms with Crippen molar-refractivity contribution in [2.45, 2.75) is 33.2 Å². The molecule has 124 valence electrons. The summed E-state index contributed by atoms with van der Waals surface area (Å²) in [6.07, 6.45) is 2.13. The van der Waals surface area contributed by atoms with Crippen LogP contribution in [0.2, 0.25) is 0 Å². The molecule has 0 fully saturated rings. The maximum atomic E-state index is 12.9. The molecule has 1 atom stereocenters. The fraction of sp³-hybridized carbons (Fsp3) is 0.412. The van der Waals surface area contributed by atoms with Gasteiger partial charge in [0.15, 0.2) is 5.69 Å². The zero-order valence-electron chi connectivity index (χ0n) is 13.6. The van der Waals surface area contributed by atoms with Crippen LogP contribution in [0.4, 0.5) is 4.39 Å². The summed E-state index contributed by atoms with van der Waals surface area (Å²) in [4.78, 5) is 12.3. The molecule has 2 aromatic rings. The second-order valence-electron chi connectivity index (χ2n) is 6.53. The van der Waals surface area contributed by atoms with Crippen LogP contribution in [0, 0.1) is 11.2 Å². The molecule has 1 heterocycles. The Morgan fingerprint density at radius 1 is 1.30 bits per heavy atom. The second kappa shape index (κ2) is 6.91. The van der Waals surface area contributed by atoms with Gasteiger partial charge in [0, 0.05) is 18.8 Å². The van der Waals surface area contributed by atoms with Gasteiger partial charge in [-0.25, -0.2) is 9.07 Å². The van der Waals surface area contributed by atoms with Gasteiger partial charge in [-0.3, -0.25) is 4.79 Å². The molecule has 0 aliphatic heterocycles. The van der Waals surface area contributed by atoms with Crippen LogP contribution in [-0.2, 0) is 0 Å². The van der Waals surface area contributed by atoms with Gasteiger partial charge in [0.1, 0.15) is 5.82 Å². The van der Waals surface area contributed by atoms with E-state index in [1.165, 1.54) is 16.8 Å². The topological polar surface area (TPSA) is 67.2 Å². The maximum Gasteiger partial charge on any atom is 0.272 e. The van der Waals surface area contributed by atoms with Crippen LogP contribution in [0.15, 0.2) is 36.5 Å². The molecule has 0 saturated heterocycles. The second-order valence-corrected chi connectivity index (χ2v) is 6.53. The predicted octanol–water partition coefficient (Wildman–Crippen LogP) is 2.54. The summed E-state index contributed by atoms with van der Waals surface area (Å²) in [6, 6.07) is 7.32. The quantitative estimate of drug-likeness (QED) is 0.890. The van der Waals surface area contributed by atoms with E-state index in [1.54, 1.807) is 24.4 Å².